The molecule has 0 radical (unpaired) electrons. The van der Waals surface area contributed by atoms with Crippen molar-refractivity contribution in [2.24, 2.45) is 0 Å². The van der Waals surface area contributed by atoms with Crippen LogP contribution in [0.2, 0.25) is 0 Å². The van der Waals surface area contributed by atoms with Crippen molar-refractivity contribution in [1.29, 1.82) is 5.26 Å². The third kappa shape index (κ3) is 2.84. The molecule has 17 heavy (non-hydrogen) atoms. The first-order valence-electron chi connectivity index (χ1n) is 5.05. The van der Waals surface area contributed by atoms with Crippen LogP contribution in [0.4, 0.5) is 5.69 Å². The summed E-state index contributed by atoms with van der Waals surface area (Å²) in [6.45, 7) is 2.08. The smallest absolute Gasteiger partial charge is 0.0992 e. The highest BCUT2D eigenvalue weighted by Gasteiger charge is 2.09. The Bertz CT molecular complexity index is 545. The van der Waals surface area contributed by atoms with Gasteiger partial charge in [-0.05, 0) is 41.1 Å². The van der Waals surface area contributed by atoms with Crippen LogP contribution < -0.4 is 5.32 Å². The average Bonchev–Trinajstić information content (AvgIpc) is 2.85. The lowest BCUT2D eigenvalue weighted by atomic mass is 10.2. The van der Waals surface area contributed by atoms with Crippen molar-refractivity contribution in [3.05, 3.63) is 44.8 Å². The Balaban J connectivity index is 2.17. The summed E-state index contributed by atoms with van der Waals surface area (Å²) in [5.74, 6) is 0. The molecular formula is C12H10BrN3S. The van der Waals surface area contributed by atoms with Crippen LogP contribution in [0.15, 0.2) is 34.4 Å². The van der Waals surface area contributed by atoms with Gasteiger partial charge in [0.1, 0.15) is 0 Å². The molecule has 2 aromatic rings. The fraction of sp³-hybridized carbons (Fsp3) is 0.167. The minimum atomic E-state index is 0.201. The SMILES string of the molecule is CC(Nc1ccc(C#N)cc1Br)c1cncs1. The molecular weight excluding hydrogens is 298 g/mol. The molecule has 1 aromatic heterocycles. The fourth-order valence-electron chi connectivity index (χ4n) is 1.45. The molecule has 0 spiro atoms. The molecule has 0 fully saturated rings. The molecule has 1 N–H and O–H groups in total. The van der Waals surface area contributed by atoms with Crippen molar-refractivity contribution < 1.29 is 0 Å². The summed E-state index contributed by atoms with van der Waals surface area (Å²) in [5.41, 5.74) is 3.44. The van der Waals surface area contributed by atoms with Gasteiger partial charge < -0.3 is 5.32 Å². The number of nitriles is 1. The van der Waals surface area contributed by atoms with E-state index >= 15 is 0 Å². The van der Waals surface area contributed by atoms with Crippen LogP contribution in [0.5, 0.6) is 0 Å². The van der Waals surface area contributed by atoms with Crippen molar-refractivity contribution in [3.63, 3.8) is 0 Å². The van der Waals surface area contributed by atoms with Gasteiger partial charge in [-0.15, -0.1) is 11.3 Å². The summed E-state index contributed by atoms with van der Waals surface area (Å²) in [7, 11) is 0. The van der Waals surface area contributed by atoms with Crippen LogP contribution in [-0.2, 0) is 0 Å². The lowest BCUT2D eigenvalue weighted by molar-refractivity contribution is 0.902. The Hall–Kier alpha value is -1.38. The summed E-state index contributed by atoms with van der Waals surface area (Å²) in [6, 6.07) is 7.82. The van der Waals surface area contributed by atoms with Crippen molar-refractivity contribution >= 4 is 33.0 Å². The van der Waals surface area contributed by atoms with Crippen molar-refractivity contribution in [1.82, 2.24) is 4.98 Å². The lowest BCUT2D eigenvalue weighted by Crippen LogP contribution is -2.05. The van der Waals surface area contributed by atoms with Crippen molar-refractivity contribution in [2.75, 3.05) is 5.32 Å². The van der Waals surface area contributed by atoms with Gasteiger partial charge in [-0.1, -0.05) is 0 Å². The molecule has 0 aliphatic heterocycles. The molecule has 86 valence electrons. The Morgan fingerprint density at radius 1 is 1.53 bits per heavy atom. The van der Waals surface area contributed by atoms with Gasteiger partial charge in [0, 0.05) is 21.2 Å². The molecule has 1 atom stereocenters. The second-order valence-electron chi connectivity index (χ2n) is 3.58. The van der Waals surface area contributed by atoms with Crippen molar-refractivity contribution in [3.8, 4) is 6.07 Å². The third-order valence-electron chi connectivity index (χ3n) is 2.35. The maximum Gasteiger partial charge on any atom is 0.0992 e. The number of nitrogens with zero attached hydrogens (tertiary/aromatic N) is 2. The summed E-state index contributed by atoms with van der Waals surface area (Å²) < 4.78 is 0.896. The summed E-state index contributed by atoms with van der Waals surface area (Å²) in [6.07, 6.45) is 1.86. The lowest BCUT2D eigenvalue weighted by Gasteiger charge is -2.14. The maximum absolute atomic E-state index is 8.79. The Kier molecular flexibility index (Phi) is 3.77. The molecule has 3 nitrogen and oxygen atoms in total. The predicted octanol–water partition coefficient (Wildman–Crippen LogP) is 3.95. The molecule has 5 heteroatoms. The van der Waals surface area contributed by atoms with E-state index in [0.717, 1.165) is 10.2 Å². The van der Waals surface area contributed by atoms with E-state index in [9.17, 15) is 0 Å². The van der Waals surface area contributed by atoms with Crippen LogP contribution in [0.3, 0.4) is 0 Å². The van der Waals surface area contributed by atoms with Gasteiger partial charge in [-0.25, -0.2) is 0 Å². The standard InChI is InChI=1S/C12H10BrN3S/c1-8(12-6-15-7-17-12)16-11-3-2-9(5-14)4-10(11)13/h2-4,6-8,16H,1H3. The number of hydrogen-bond donors (Lipinski definition) is 1. The first-order chi connectivity index (χ1) is 8.20. The molecule has 0 saturated carbocycles. The molecule has 2 rings (SSSR count). The largest absolute Gasteiger partial charge is 0.377 e. The van der Waals surface area contributed by atoms with Gasteiger partial charge in [0.05, 0.1) is 23.2 Å². The number of thiazole rings is 1. The maximum atomic E-state index is 8.79. The van der Waals surface area contributed by atoms with E-state index in [-0.39, 0.29) is 6.04 Å². The molecule has 0 amide bonds. The minimum Gasteiger partial charge on any atom is -0.377 e. The van der Waals surface area contributed by atoms with E-state index in [0.29, 0.717) is 5.56 Å². The van der Waals surface area contributed by atoms with E-state index in [1.807, 2.05) is 23.8 Å². The first kappa shape index (κ1) is 12.1. The van der Waals surface area contributed by atoms with Crippen LogP contribution in [0.25, 0.3) is 0 Å². The van der Waals surface area contributed by atoms with Gasteiger partial charge in [0.2, 0.25) is 0 Å². The monoisotopic (exact) mass is 307 g/mol. The number of nitrogens with one attached hydrogen (secondary N) is 1. The number of aromatic nitrogens is 1. The molecule has 0 bridgehead atoms. The van der Waals surface area contributed by atoms with Gasteiger partial charge in [-0.2, -0.15) is 5.26 Å². The van der Waals surface area contributed by atoms with E-state index < -0.39 is 0 Å². The van der Waals surface area contributed by atoms with Gasteiger partial charge in [0.25, 0.3) is 0 Å². The van der Waals surface area contributed by atoms with Crippen LogP contribution in [0, 0.1) is 11.3 Å². The molecule has 0 aliphatic rings. The Labute approximate surface area is 112 Å². The third-order valence-corrected chi connectivity index (χ3v) is 3.96. The first-order valence-corrected chi connectivity index (χ1v) is 6.72. The molecule has 1 aromatic carbocycles. The highest BCUT2D eigenvalue weighted by atomic mass is 79.9. The van der Waals surface area contributed by atoms with Gasteiger partial charge in [-0.3, -0.25) is 4.98 Å². The van der Waals surface area contributed by atoms with Gasteiger partial charge in [0.15, 0.2) is 0 Å². The highest BCUT2D eigenvalue weighted by Crippen LogP contribution is 2.28. The molecule has 0 aliphatic carbocycles. The summed E-state index contributed by atoms with van der Waals surface area (Å²) >= 11 is 5.08. The van der Waals surface area contributed by atoms with Crippen molar-refractivity contribution in [2.45, 2.75) is 13.0 Å². The summed E-state index contributed by atoms with van der Waals surface area (Å²) in [5, 5.41) is 12.2. The second-order valence-corrected chi connectivity index (χ2v) is 5.35. The zero-order valence-electron chi connectivity index (χ0n) is 9.14. The van der Waals surface area contributed by atoms with E-state index in [1.165, 1.54) is 4.88 Å². The van der Waals surface area contributed by atoms with Crippen LogP contribution in [0.1, 0.15) is 23.4 Å². The van der Waals surface area contributed by atoms with Gasteiger partial charge >= 0.3 is 0 Å². The Morgan fingerprint density at radius 3 is 2.94 bits per heavy atom. The predicted molar refractivity (Wildman–Crippen MR) is 73.0 cm³/mol. The van der Waals surface area contributed by atoms with E-state index in [2.05, 4.69) is 39.2 Å². The average molecular weight is 308 g/mol. The fourth-order valence-corrected chi connectivity index (χ4v) is 2.57. The van der Waals surface area contributed by atoms with E-state index in [1.54, 1.807) is 17.4 Å². The minimum absolute atomic E-state index is 0.201. The Morgan fingerprint density at radius 2 is 2.35 bits per heavy atom. The zero-order chi connectivity index (χ0) is 12.3. The quantitative estimate of drug-likeness (QED) is 0.934. The second kappa shape index (κ2) is 5.30. The van der Waals surface area contributed by atoms with E-state index in [4.69, 9.17) is 5.26 Å². The molecule has 1 unspecified atom stereocenters. The number of rotatable bonds is 3. The number of benzene rings is 1. The number of hydrogen-bond acceptors (Lipinski definition) is 4. The van der Waals surface area contributed by atoms with Crippen LogP contribution >= 0.6 is 27.3 Å². The number of halogens is 1. The topological polar surface area (TPSA) is 48.7 Å². The molecule has 1 heterocycles. The molecule has 0 saturated heterocycles. The highest BCUT2D eigenvalue weighted by molar-refractivity contribution is 9.10. The summed E-state index contributed by atoms with van der Waals surface area (Å²) in [4.78, 5) is 5.24. The number of anilines is 1. The zero-order valence-corrected chi connectivity index (χ0v) is 11.5. The normalized spacial score (nSPS) is 11.8. The van der Waals surface area contributed by atoms with Crippen LogP contribution in [-0.4, -0.2) is 4.98 Å².